The van der Waals surface area contributed by atoms with Crippen molar-refractivity contribution in [1.29, 1.82) is 0 Å². The fourth-order valence-corrected chi connectivity index (χ4v) is 3.69. The molecule has 6 nitrogen and oxygen atoms in total. The van der Waals surface area contributed by atoms with Crippen LogP contribution in [0.3, 0.4) is 0 Å². The van der Waals surface area contributed by atoms with Gasteiger partial charge in [0.05, 0.1) is 22.1 Å². The molecule has 8 heteroatoms. The lowest BCUT2D eigenvalue weighted by atomic mass is 10.2. The molecule has 0 atom stereocenters. The minimum atomic E-state index is -0.240. The lowest BCUT2D eigenvalue weighted by molar-refractivity contribution is -0.120. The number of nitrogens with one attached hydrogen (secondary N) is 2. The minimum absolute atomic E-state index is 0.0353. The normalized spacial score (nSPS) is 14.0. The molecule has 136 valence electrons. The van der Waals surface area contributed by atoms with Crippen molar-refractivity contribution >= 4 is 51.9 Å². The van der Waals surface area contributed by atoms with Crippen LogP contribution in [0.4, 0.5) is 11.4 Å². The zero-order chi connectivity index (χ0) is 18.5. The molecule has 2 amide bonds. The van der Waals surface area contributed by atoms with Gasteiger partial charge in [-0.25, -0.2) is 0 Å². The molecule has 0 radical (unpaired) electrons. The summed E-state index contributed by atoms with van der Waals surface area (Å²) in [4.78, 5) is 38.1. The number of halogens is 1. The summed E-state index contributed by atoms with van der Waals surface area (Å²) in [6, 6.07) is 8.75. The first-order chi connectivity index (χ1) is 12.5. The molecule has 0 spiro atoms. The Morgan fingerprint density at radius 3 is 2.81 bits per heavy atom. The van der Waals surface area contributed by atoms with E-state index >= 15 is 0 Å². The van der Waals surface area contributed by atoms with Gasteiger partial charge in [-0.2, -0.15) is 0 Å². The molecule has 3 rings (SSSR count). The highest BCUT2D eigenvalue weighted by atomic mass is 35.5. The van der Waals surface area contributed by atoms with Gasteiger partial charge in [-0.3, -0.25) is 14.4 Å². The number of thiophene rings is 1. The smallest absolute Gasteiger partial charge is 0.239 e. The molecule has 0 saturated carbocycles. The first-order valence-electron chi connectivity index (χ1n) is 8.20. The van der Waals surface area contributed by atoms with E-state index in [-0.39, 0.29) is 37.0 Å². The Morgan fingerprint density at radius 1 is 1.27 bits per heavy atom. The van der Waals surface area contributed by atoms with Gasteiger partial charge >= 0.3 is 0 Å². The highest BCUT2D eigenvalue weighted by Gasteiger charge is 2.19. The number of anilines is 2. The Hall–Kier alpha value is -2.38. The fraction of sp³-hybridized carbons (Fsp3) is 0.278. The van der Waals surface area contributed by atoms with E-state index in [0.717, 1.165) is 5.69 Å². The van der Waals surface area contributed by atoms with Crippen LogP contribution in [0.5, 0.6) is 0 Å². The molecule has 2 N–H and O–H groups in total. The molecule has 1 aliphatic rings. The van der Waals surface area contributed by atoms with E-state index in [2.05, 4.69) is 10.6 Å². The second kappa shape index (κ2) is 8.33. The van der Waals surface area contributed by atoms with E-state index in [0.29, 0.717) is 28.7 Å². The third kappa shape index (κ3) is 4.62. The molecule has 26 heavy (non-hydrogen) atoms. The Bertz CT molecular complexity index is 823. The van der Waals surface area contributed by atoms with E-state index in [4.69, 9.17) is 11.6 Å². The lowest BCUT2D eigenvalue weighted by Crippen LogP contribution is -2.47. The van der Waals surface area contributed by atoms with Crippen molar-refractivity contribution in [3.05, 3.63) is 45.6 Å². The standard InChI is InChI=1S/C18H18ClN3O3S/c19-13-10-12(3-4-14(13)22-8-7-20-18(25)11-22)21-17(24)6-5-15(23)16-2-1-9-26-16/h1-4,9-10H,5-8,11H2,(H,20,25)(H,21,24). The molecule has 1 fully saturated rings. The lowest BCUT2D eigenvalue weighted by Gasteiger charge is -2.29. The number of Topliss-reactive ketones (excluding diaryl/α,β-unsaturated/α-hetero) is 1. The summed E-state index contributed by atoms with van der Waals surface area (Å²) in [5, 5.41) is 7.82. The quantitative estimate of drug-likeness (QED) is 0.742. The monoisotopic (exact) mass is 391 g/mol. The Morgan fingerprint density at radius 2 is 2.12 bits per heavy atom. The third-order valence-electron chi connectivity index (χ3n) is 3.99. The molecular weight excluding hydrogens is 374 g/mol. The largest absolute Gasteiger partial charge is 0.359 e. The Labute approximate surface area is 160 Å². The van der Waals surface area contributed by atoms with Crippen molar-refractivity contribution < 1.29 is 14.4 Å². The molecule has 2 aromatic rings. The zero-order valence-corrected chi connectivity index (χ0v) is 15.5. The van der Waals surface area contributed by atoms with Gasteiger partial charge in [0, 0.05) is 31.6 Å². The summed E-state index contributed by atoms with van der Waals surface area (Å²) < 4.78 is 0. The van der Waals surface area contributed by atoms with Crippen molar-refractivity contribution in [2.75, 3.05) is 29.9 Å². The summed E-state index contributed by atoms with van der Waals surface area (Å²) in [6.45, 7) is 1.52. The van der Waals surface area contributed by atoms with Crippen molar-refractivity contribution in [2.45, 2.75) is 12.8 Å². The van der Waals surface area contributed by atoms with Crippen LogP contribution in [0.1, 0.15) is 22.5 Å². The van der Waals surface area contributed by atoms with Gasteiger partial charge in [-0.05, 0) is 29.6 Å². The molecule has 2 heterocycles. The van der Waals surface area contributed by atoms with Crippen LogP contribution < -0.4 is 15.5 Å². The molecule has 1 saturated heterocycles. The average molecular weight is 392 g/mol. The van der Waals surface area contributed by atoms with Gasteiger partial charge in [0.15, 0.2) is 5.78 Å². The molecular formula is C18H18ClN3O3S. The summed E-state index contributed by atoms with van der Waals surface area (Å²) in [5.74, 6) is -0.317. The van der Waals surface area contributed by atoms with Crippen molar-refractivity contribution in [3.63, 3.8) is 0 Å². The van der Waals surface area contributed by atoms with Crippen LogP contribution in [0.25, 0.3) is 0 Å². The minimum Gasteiger partial charge on any atom is -0.359 e. The number of hydrogen-bond acceptors (Lipinski definition) is 5. The van der Waals surface area contributed by atoms with E-state index in [9.17, 15) is 14.4 Å². The maximum Gasteiger partial charge on any atom is 0.239 e. The number of piperazine rings is 1. The molecule has 0 aliphatic carbocycles. The summed E-state index contributed by atoms with van der Waals surface area (Å²) in [7, 11) is 0. The van der Waals surface area contributed by atoms with E-state index < -0.39 is 0 Å². The highest BCUT2D eigenvalue weighted by molar-refractivity contribution is 7.12. The highest BCUT2D eigenvalue weighted by Crippen LogP contribution is 2.29. The number of hydrogen-bond donors (Lipinski definition) is 2. The van der Waals surface area contributed by atoms with Crippen LogP contribution in [0, 0.1) is 0 Å². The molecule has 1 aromatic carbocycles. The van der Waals surface area contributed by atoms with Crippen LogP contribution >= 0.6 is 22.9 Å². The van der Waals surface area contributed by atoms with Crippen LogP contribution in [-0.4, -0.2) is 37.2 Å². The number of rotatable bonds is 6. The van der Waals surface area contributed by atoms with E-state index in [1.54, 1.807) is 24.3 Å². The van der Waals surface area contributed by atoms with Crippen LogP contribution in [-0.2, 0) is 9.59 Å². The van der Waals surface area contributed by atoms with Gasteiger partial charge in [-0.15, -0.1) is 11.3 Å². The summed E-state index contributed by atoms with van der Waals surface area (Å²) in [5.41, 5.74) is 1.32. The predicted octanol–water partition coefficient (Wildman–Crippen LogP) is 2.94. The zero-order valence-electron chi connectivity index (χ0n) is 14.0. The second-order valence-electron chi connectivity index (χ2n) is 5.89. The van der Waals surface area contributed by atoms with Gasteiger partial charge in [0.2, 0.25) is 11.8 Å². The molecule has 0 unspecified atom stereocenters. The average Bonchev–Trinajstić information content (AvgIpc) is 3.14. The number of amides is 2. The molecule has 0 bridgehead atoms. The number of carbonyl (C=O) groups excluding carboxylic acids is 3. The van der Waals surface area contributed by atoms with Gasteiger partial charge in [-0.1, -0.05) is 17.7 Å². The first kappa shape index (κ1) is 18.4. The first-order valence-corrected chi connectivity index (χ1v) is 9.46. The number of nitrogens with zero attached hydrogens (tertiary/aromatic N) is 1. The second-order valence-corrected chi connectivity index (χ2v) is 7.24. The third-order valence-corrected chi connectivity index (χ3v) is 5.20. The van der Waals surface area contributed by atoms with E-state index in [1.807, 2.05) is 16.3 Å². The SMILES string of the molecule is O=C1CN(c2ccc(NC(=O)CCC(=O)c3cccs3)cc2Cl)CCN1. The van der Waals surface area contributed by atoms with Gasteiger partial charge in [0.1, 0.15) is 0 Å². The Kier molecular flexibility index (Phi) is 5.90. The van der Waals surface area contributed by atoms with Crippen molar-refractivity contribution in [2.24, 2.45) is 0 Å². The van der Waals surface area contributed by atoms with Gasteiger partial charge < -0.3 is 15.5 Å². The number of benzene rings is 1. The van der Waals surface area contributed by atoms with Crippen LogP contribution in [0.15, 0.2) is 35.7 Å². The van der Waals surface area contributed by atoms with E-state index in [1.165, 1.54) is 11.3 Å². The maximum atomic E-state index is 12.1. The number of ketones is 1. The predicted molar refractivity (Wildman–Crippen MR) is 103 cm³/mol. The molecule has 1 aliphatic heterocycles. The van der Waals surface area contributed by atoms with Crippen molar-refractivity contribution in [1.82, 2.24) is 5.32 Å². The summed E-state index contributed by atoms with van der Waals surface area (Å²) >= 11 is 7.68. The summed E-state index contributed by atoms with van der Waals surface area (Å²) in [6.07, 6.45) is 0.281. The van der Waals surface area contributed by atoms with Crippen LogP contribution in [0.2, 0.25) is 5.02 Å². The fourth-order valence-electron chi connectivity index (χ4n) is 2.70. The maximum absolute atomic E-state index is 12.1. The number of carbonyl (C=O) groups is 3. The van der Waals surface area contributed by atoms with Gasteiger partial charge in [0.25, 0.3) is 0 Å². The van der Waals surface area contributed by atoms with Crippen molar-refractivity contribution in [3.8, 4) is 0 Å². The Balaban J connectivity index is 1.56. The molecule has 1 aromatic heterocycles. The topological polar surface area (TPSA) is 78.5 Å².